The zero-order valence-corrected chi connectivity index (χ0v) is 11.4. The Kier molecular flexibility index (Phi) is 3.53. The van der Waals surface area contributed by atoms with Gasteiger partial charge in [0, 0.05) is 11.6 Å². The smallest absolute Gasteiger partial charge is 0.119 e. The molecule has 0 bridgehead atoms. The number of hydrogen-bond acceptors (Lipinski definition) is 2. The van der Waals surface area contributed by atoms with Crippen LogP contribution in [-0.4, -0.2) is 16.7 Å². The fourth-order valence-corrected chi connectivity index (χ4v) is 2.96. The number of ether oxygens (including phenoxy) is 1. The molecule has 1 fully saturated rings. The van der Waals surface area contributed by atoms with E-state index in [2.05, 4.69) is 21.7 Å². The van der Waals surface area contributed by atoms with E-state index in [1.807, 2.05) is 24.7 Å². The lowest BCUT2D eigenvalue weighted by Crippen LogP contribution is -2.12. The molecule has 1 saturated carbocycles. The summed E-state index contributed by atoms with van der Waals surface area (Å²) in [6, 6.07) is 8.82. The first kappa shape index (κ1) is 12.3. The highest BCUT2D eigenvalue weighted by Gasteiger charge is 2.18. The Hall–Kier alpha value is -1.77. The van der Waals surface area contributed by atoms with Crippen LogP contribution in [0.3, 0.4) is 0 Å². The Morgan fingerprint density at radius 2 is 2.05 bits per heavy atom. The van der Waals surface area contributed by atoms with Crippen LogP contribution >= 0.6 is 0 Å². The zero-order valence-electron chi connectivity index (χ0n) is 11.4. The number of benzene rings is 1. The second-order valence-electron chi connectivity index (χ2n) is 5.21. The normalized spacial score (nSPS) is 16.5. The van der Waals surface area contributed by atoms with Gasteiger partial charge in [0.05, 0.1) is 25.3 Å². The van der Waals surface area contributed by atoms with Crippen LogP contribution in [-0.2, 0) is 0 Å². The Balaban J connectivity index is 1.94. The molecule has 0 radical (unpaired) electrons. The van der Waals surface area contributed by atoms with E-state index in [9.17, 15) is 0 Å². The highest BCUT2D eigenvalue weighted by atomic mass is 16.5. The molecule has 3 rings (SSSR count). The van der Waals surface area contributed by atoms with E-state index in [-0.39, 0.29) is 0 Å². The van der Waals surface area contributed by atoms with E-state index in [4.69, 9.17) is 4.74 Å². The predicted octanol–water partition coefficient (Wildman–Crippen LogP) is 4.06. The second-order valence-corrected chi connectivity index (χ2v) is 5.21. The monoisotopic (exact) mass is 256 g/mol. The van der Waals surface area contributed by atoms with E-state index in [1.54, 1.807) is 7.11 Å². The van der Waals surface area contributed by atoms with Crippen molar-refractivity contribution in [3.63, 3.8) is 0 Å². The van der Waals surface area contributed by atoms with Crippen molar-refractivity contribution in [3.8, 4) is 17.0 Å². The van der Waals surface area contributed by atoms with Gasteiger partial charge in [-0.2, -0.15) is 0 Å². The minimum absolute atomic E-state index is 0.609. The molecular weight excluding hydrogens is 236 g/mol. The zero-order chi connectivity index (χ0) is 13.1. The van der Waals surface area contributed by atoms with Crippen LogP contribution < -0.4 is 4.74 Å². The summed E-state index contributed by atoms with van der Waals surface area (Å²) < 4.78 is 7.65. The molecule has 3 nitrogen and oxygen atoms in total. The van der Waals surface area contributed by atoms with E-state index in [0.29, 0.717) is 6.04 Å². The van der Waals surface area contributed by atoms with Gasteiger partial charge in [0.25, 0.3) is 0 Å². The van der Waals surface area contributed by atoms with E-state index < -0.39 is 0 Å². The maximum absolute atomic E-state index is 5.31. The molecule has 100 valence electrons. The first-order valence-corrected chi connectivity index (χ1v) is 7.05. The van der Waals surface area contributed by atoms with E-state index in [0.717, 1.165) is 5.75 Å². The molecule has 1 heterocycles. The first-order valence-electron chi connectivity index (χ1n) is 7.05. The van der Waals surface area contributed by atoms with Crippen molar-refractivity contribution < 1.29 is 4.74 Å². The van der Waals surface area contributed by atoms with Gasteiger partial charge in [-0.1, -0.05) is 31.4 Å². The fourth-order valence-electron chi connectivity index (χ4n) is 2.96. The number of aromatic nitrogens is 2. The highest BCUT2D eigenvalue weighted by molar-refractivity contribution is 5.61. The van der Waals surface area contributed by atoms with Gasteiger partial charge in [-0.3, -0.25) is 0 Å². The molecule has 0 aliphatic heterocycles. The lowest BCUT2D eigenvalue weighted by molar-refractivity contribution is 0.355. The molecule has 0 amide bonds. The molecule has 0 atom stereocenters. The number of nitrogens with zero attached hydrogens (tertiary/aromatic N) is 2. The topological polar surface area (TPSA) is 27.1 Å². The molecule has 1 aromatic heterocycles. The largest absolute Gasteiger partial charge is 0.497 e. The predicted molar refractivity (Wildman–Crippen MR) is 76.3 cm³/mol. The SMILES string of the molecule is COc1cccc(-c2cncn2C2CCCCC2)c1. The van der Waals surface area contributed by atoms with Gasteiger partial charge in [0.2, 0.25) is 0 Å². The Morgan fingerprint density at radius 3 is 2.84 bits per heavy atom. The molecule has 1 aromatic carbocycles. The highest BCUT2D eigenvalue weighted by Crippen LogP contribution is 2.33. The van der Waals surface area contributed by atoms with E-state index in [1.165, 1.54) is 43.4 Å². The minimum Gasteiger partial charge on any atom is -0.497 e. The summed E-state index contributed by atoms with van der Waals surface area (Å²) in [6.07, 6.45) is 10.5. The lowest BCUT2D eigenvalue weighted by Gasteiger charge is -2.24. The molecule has 1 aliphatic carbocycles. The van der Waals surface area contributed by atoms with Crippen LogP contribution in [0.15, 0.2) is 36.8 Å². The second kappa shape index (κ2) is 5.47. The van der Waals surface area contributed by atoms with Gasteiger partial charge in [0.1, 0.15) is 5.75 Å². The first-order chi connectivity index (χ1) is 9.38. The third-order valence-electron chi connectivity index (χ3n) is 4.00. The molecule has 2 aromatic rings. The van der Waals surface area contributed by atoms with Crippen LogP contribution in [0.1, 0.15) is 38.1 Å². The maximum atomic E-state index is 5.31. The van der Waals surface area contributed by atoms with E-state index >= 15 is 0 Å². The molecular formula is C16H20N2O. The molecule has 0 spiro atoms. The third-order valence-corrected chi connectivity index (χ3v) is 4.00. The van der Waals surface area contributed by atoms with Gasteiger partial charge in [-0.05, 0) is 25.0 Å². The summed E-state index contributed by atoms with van der Waals surface area (Å²) in [5.74, 6) is 0.897. The van der Waals surface area contributed by atoms with Gasteiger partial charge < -0.3 is 9.30 Å². The number of imidazole rings is 1. The van der Waals surface area contributed by atoms with Crippen LogP contribution in [0.2, 0.25) is 0 Å². The summed E-state index contributed by atoms with van der Waals surface area (Å²) in [5, 5.41) is 0. The summed E-state index contributed by atoms with van der Waals surface area (Å²) >= 11 is 0. The van der Waals surface area contributed by atoms with Crippen molar-refractivity contribution in [2.45, 2.75) is 38.1 Å². The standard InChI is InChI=1S/C16H20N2O/c1-19-15-9-5-6-13(10-15)16-11-17-12-18(16)14-7-3-2-4-8-14/h5-6,9-12,14H,2-4,7-8H2,1H3. The van der Waals surface area contributed by atoms with Gasteiger partial charge in [0.15, 0.2) is 0 Å². The van der Waals surface area contributed by atoms with Crippen LogP contribution in [0.25, 0.3) is 11.3 Å². The molecule has 0 N–H and O–H groups in total. The molecule has 0 saturated heterocycles. The van der Waals surface area contributed by atoms with Crippen LogP contribution in [0.4, 0.5) is 0 Å². The summed E-state index contributed by atoms with van der Waals surface area (Å²) in [5.41, 5.74) is 2.38. The van der Waals surface area contributed by atoms with Gasteiger partial charge in [-0.25, -0.2) is 4.98 Å². The summed E-state index contributed by atoms with van der Waals surface area (Å²) in [7, 11) is 1.71. The number of rotatable bonds is 3. The van der Waals surface area contributed by atoms with Crippen molar-refractivity contribution in [2.24, 2.45) is 0 Å². The van der Waals surface area contributed by atoms with Crippen molar-refractivity contribution in [1.29, 1.82) is 0 Å². The van der Waals surface area contributed by atoms with Crippen molar-refractivity contribution in [2.75, 3.05) is 7.11 Å². The number of methoxy groups -OCH3 is 1. The van der Waals surface area contributed by atoms with Crippen molar-refractivity contribution in [3.05, 3.63) is 36.8 Å². The Morgan fingerprint density at radius 1 is 1.21 bits per heavy atom. The van der Waals surface area contributed by atoms with Gasteiger partial charge in [-0.15, -0.1) is 0 Å². The molecule has 1 aliphatic rings. The minimum atomic E-state index is 0.609. The van der Waals surface area contributed by atoms with Crippen LogP contribution in [0, 0.1) is 0 Å². The number of hydrogen-bond donors (Lipinski definition) is 0. The van der Waals surface area contributed by atoms with Crippen LogP contribution in [0.5, 0.6) is 5.75 Å². The van der Waals surface area contributed by atoms with Gasteiger partial charge >= 0.3 is 0 Å². The molecule has 0 unspecified atom stereocenters. The van der Waals surface area contributed by atoms with Crippen molar-refractivity contribution >= 4 is 0 Å². The molecule has 19 heavy (non-hydrogen) atoms. The Bertz CT molecular complexity index is 541. The fraction of sp³-hybridized carbons (Fsp3) is 0.438. The average molecular weight is 256 g/mol. The van der Waals surface area contributed by atoms with Crippen molar-refractivity contribution in [1.82, 2.24) is 9.55 Å². The lowest BCUT2D eigenvalue weighted by atomic mass is 9.95. The summed E-state index contributed by atoms with van der Waals surface area (Å²) in [6.45, 7) is 0. The summed E-state index contributed by atoms with van der Waals surface area (Å²) in [4.78, 5) is 4.35. The average Bonchev–Trinajstić information content (AvgIpc) is 2.98. The quantitative estimate of drug-likeness (QED) is 0.828. The molecule has 3 heteroatoms. The Labute approximate surface area is 114 Å². The maximum Gasteiger partial charge on any atom is 0.119 e. The third kappa shape index (κ3) is 2.50.